The molecular formula is C19H26ClNO2. The van der Waals surface area contributed by atoms with Gasteiger partial charge in [-0.1, -0.05) is 44.5 Å². The van der Waals surface area contributed by atoms with Gasteiger partial charge in [0, 0.05) is 18.1 Å². The predicted octanol–water partition coefficient (Wildman–Crippen LogP) is 3.77. The highest BCUT2D eigenvalue weighted by Crippen LogP contribution is 2.51. The summed E-state index contributed by atoms with van der Waals surface area (Å²) >= 11 is 5.96. The van der Waals surface area contributed by atoms with Gasteiger partial charge in [0.2, 0.25) is 5.91 Å². The molecule has 1 heterocycles. The first-order valence-electron chi connectivity index (χ1n) is 8.52. The van der Waals surface area contributed by atoms with Crippen molar-refractivity contribution in [3.63, 3.8) is 0 Å². The van der Waals surface area contributed by atoms with Crippen molar-refractivity contribution in [1.82, 2.24) is 4.90 Å². The first kappa shape index (κ1) is 16.8. The van der Waals surface area contributed by atoms with Crippen molar-refractivity contribution in [2.75, 3.05) is 13.1 Å². The molecule has 2 fully saturated rings. The second kappa shape index (κ2) is 5.49. The Morgan fingerprint density at radius 2 is 1.87 bits per heavy atom. The van der Waals surface area contributed by atoms with Gasteiger partial charge in [0.1, 0.15) is 0 Å². The molecular weight excluding hydrogens is 310 g/mol. The number of amides is 1. The fraction of sp³-hybridized carbons (Fsp3) is 0.632. The van der Waals surface area contributed by atoms with Gasteiger partial charge in [0.25, 0.3) is 0 Å². The molecule has 1 aromatic rings. The molecule has 3 rings (SSSR count). The fourth-order valence-corrected chi connectivity index (χ4v) is 3.80. The van der Waals surface area contributed by atoms with E-state index in [1.165, 1.54) is 0 Å². The molecule has 2 aliphatic rings. The summed E-state index contributed by atoms with van der Waals surface area (Å²) in [5, 5.41) is 11.7. The van der Waals surface area contributed by atoms with E-state index < -0.39 is 5.60 Å². The molecule has 1 unspecified atom stereocenters. The molecule has 1 atom stereocenters. The van der Waals surface area contributed by atoms with Crippen LogP contribution in [0.4, 0.5) is 0 Å². The van der Waals surface area contributed by atoms with Crippen LogP contribution >= 0.6 is 11.6 Å². The number of carbonyl (C=O) groups excluding carboxylic acids is 1. The van der Waals surface area contributed by atoms with Gasteiger partial charge >= 0.3 is 0 Å². The van der Waals surface area contributed by atoms with Gasteiger partial charge in [-0.05, 0) is 48.8 Å². The van der Waals surface area contributed by atoms with Crippen molar-refractivity contribution in [2.24, 2.45) is 5.41 Å². The monoisotopic (exact) mass is 335 g/mol. The Labute approximate surface area is 143 Å². The molecule has 1 aliphatic carbocycles. The minimum Gasteiger partial charge on any atom is -0.387 e. The van der Waals surface area contributed by atoms with E-state index in [0.717, 1.165) is 24.8 Å². The van der Waals surface area contributed by atoms with Crippen LogP contribution in [0.25, 0.3) is 0 Å². The van der Waals surface area contributed by atoms with E-state index in [1.54, 1.807) is 0 Å². The largest absolute Gasteiger partial charge is 0.387 e. The van der Waals surface area contributed by atoms with Gasteiger partial charge in [-0.3, -0.25) is 4.79 Å². The number of benzene rings is 1. The van der Waals surface area contributed by atoms with Gasteiger partial charge in [-0.2, -0.15) is 0 Å². The third-order valence-electron chi connectivity index (χ3n) is 6.23. The zero-order valence-corrected chi connectivity index (χ0v) is 15.0. The second-order valence-electron chi connectivity index (χ2n) is 7.83. The lowest BCUT2D eigenvalue weighted by Crippen LogP contribution is -2.48. The maximum atomic E-state index is 13.1. The predicted molar refractivity (Wildman–Crippen MR) is 92.6 cm³/mol. The van der Waals surface area contributed by atoms with E-state index in [2.05, 4.69) is 20.8 Å². The first-order valence-corrected chi connectivity index (χ1v) is 8.90. The molecule has 126 valence electrons. The summed E-state index contributed by atoms with van der Waals surface area (Å²) in [6.45, 7) is 7.37. The van der Waals surface area contributed by atoms with Gasteiger partial charge in [0.15, 0.2) is 0 Å². The maximum absolute atomic E-state index is 13.1. The van der Waals surface area contributed by atoms with Gasteiger partial charge in [0.05, 0.1) is 11.0 Å². The number of rotatable bonds is 4. The molecule has 3 nitrogen and oxygen atoms in total. The number of nitrogens with zero attached hydrogens (tertiary/aromatic N) is 1. The molecule has 4 heteroatoms. The third kappa shape index (κ3) is 2.68. The fourth-order valence-electron chi connectivity index (χ4n) is 3.67. The summed E-state index contributed by atoms with van der Waals surface area (Å²) in [5.41, 5.74) is -0.296. The van der Waals surface area contributed by atoms with Crippen LogP contribution in [0.15, 0.2) is 24.3 Å². The quantitative estimate of drug-likeness (QED) is 0.909. The van der Waals surface area contributed by atoms with Crippen molar-refractivity contribution in [1.29, 1.82) is 0 Å². The standard InChI is InChI=1S/C19H26ClNO2/c1-4-17(2,3)19(23)11-12-21(13-19)16(22)18(9-10-18)14-5-7-15(20)8-6-14/h5-8,23H,4,9-13H2,1-3H3. The Morgan fingerprint density at radius 1 is 1.26 bits per heavy atom. The minimum absolute atomic E-state index is 0.169. The summed E-state index contributed by atoms with van der Waals surface area (Å²) in [5.74, 6) is 0.169. The molecule has 1 N–H and O–H groups in total. The van der Waals surface area contributed by atoms with Gasteiger partial charge < -0.3 is 10.0 Å². The number of carbonyl (C=O) groups is 1. The van der Waals surface area contributed by atoms with Crippen molar-refractivity contribution in [3.8, 4) is 0 Å². The van der Waals surface area contributed by atoms with Crippen molar-refractivity contribution in [3.05, 3.63) is 34.9 Å². The van der Waals surface area contributed by atoms with E-state index in [9.17, 15) is 9.90 Å². The van der Waals surface area contributed by atoms with Crippen LogP contribution in [0.1, 0.15) is 52.0 Å². The van der Waals surface area contributed by atoms with Crippen LogP contribution < -0.4 is 0 Å². The lowest BCUT2D eigenvalue weighted by molar-refractivity contribution is -0.135. The van der Waals surface area contributed by atoms with E-state index in [4.69, 9.17) is 11.6 Å². The third-order valence-corrected chi connectivity index (χ3v) is 6.49. The molecule has 0 radical (unpaired) electrons. The van der Waals surface area contributed by atoms with Gasteiger partial charge in [-0.25, -0.2) is 0 Å². The van der Waals surface area contributed by atoms with Crippen LogP contribution in [0, 0.1) is 5.41 Å². The average molecular weight is 336 g/mol. The second-order valence-corrected chi connectivity index (χ2v) is 8.27. The number of β-amino-alcohol motifs (C(OH)–C–C–N with tert-alkyl or cyclic N) is 1. The summed E-state index contributed by atoms with van der Waals surface area (Å²) < 4.78 is 0. The van der Waals surface area contributed by atoms with Crippen LogP contribution in [0.5, 0.6) is 0 Å². The SMILES string of the molecule is CCC(C)(C)C1(O)CCN(C(=O)C2(c3ccc(Cl)cc3)CC2)C1. The Morgan fingerprint density at radius 3 is 2.39 bits per heavy atom. The maximum Gasteiger partial charge on any atom is 0.233 e. The molecule has 1 aliphatic heterocycles. The van der Waals surface area contributed by atoms with Crippen LogP contribution in [-0.4, -0.2) is 34.6 Å². The molecule has 1 amide bonds. The van der Waals surface area contributed by atoms with Crippen LogP contribution in [0.2, 0.25) is 5.02 Å². The van der Waals surface area contributed by atoms with Crippen LogP contribution in [-0.2, 0) is 10.2 Å². The molecule has 1 aromatic carbocycles. The Balaban J connectivity index is 1.79. The normalized spacial score (nSPS) is 26.4. The first-order chi connectivity index (χ1) is 10.7. The molecule has 23 heavy (non-hydrogen) atoms. The molecule has 0 aromatic heterocycles. The average Bonchev–Trinajstić information content (AvgIpc) is 3.23. The summed E-state index contributed by atoms with van der Waals surface area (Å²) in [6.07, 6.45) is 3.34. The van der Waals surface area contributed by atoms with Crippen molar-refractivity contribution in [2.45, 2.75) is 57.5 Å². The highest BCUT2D eigenvalue weighted by molar-refractivity contribution is 6.30. The molecule has 0 bridgehead atoms. The van der Waals surface area contributed by atoms with E-state index in [0.29, 0.717) is 24.5 Å². The van der Waals surface area contributed by atoms with Crippen LogP contribution in [0.3, 0.4) is 0 Å². The van der Waals surface area contributed by atoms with E-state index in [-0.39, 0.29) is 16.7 Å². The van der Waals surface area contributed by atoms with E-state index in [1.807, 2.05) is 29.2 Å². The van der Waals surface area contributed by atoms with Gasteiger partial charge in [-0.15, -0.1) is 0 Å². The smallest absolute Gasteiger partial charge is 0.233 e. The zero-order valence-electron chi connectivity index (χ0n) is 14.2. The lowest BCUT2D eigenvalue weighted by atomic mass is 9.72. The zero-order chi connectivity index (χ0) is 16.9. The molecule has 1 saturated heterocycles. The molecule has 0 spiro atoms. The Bertz CT molecular complexity index is 606. The summed E-state index contributed by atoms with van der Waals surface area (Å²) in [7, 11) is 0. The van der Waals surface area contributed by atoms with E-state index >= 15 is 0 Å². The lowest BCUT2D eigenvalue weighted by Gasteiger charge is -2.39. The molecule has 1 saturated carbocycles. The van der Waals surface area contributed by atoms with Crippen molar-refractivity contribution < 1.29 is 9.90 Å². The number of halogens is 1. The topological polar surface area (TPSA) is 40.5 Å². The Kier molecular flexibility index (Phi) is 4.01. The minimum atomic E-state index is -0.784. The number of hydrogen-bond donors (Lipinski definition) is 1. The number of likely N-dealkylation sites (tertiary alicyclic amines) is 1. The Hall–Kier alpha value is -1.06. The number of aliphatic hydroxyl groups is 1. The summed E-state index contributed by atoms with van der Waals surface area (Å²) in [6, 6.07) is 7.63. The summed E-state index contributed by atoms with van der Waals surface area (Å²) in [4.78, 5) is 15.0. The highest BCUT2D eigenvalue weighted by atomic mass is 35.5. The van der Waals surface area contributed by atoms with Crippen molar-refractivity contribution >= 4 is 17.5 Å². The number of hydrogen-bond acceptors (Lipinski definition) is 2. The highest BCUT2D eigenvalue weighted by Gasteiger charge is 2.56.